The third-order valence-corrected chi connectivity index (χ3v) is 3.15. The van der Waals surface area contributed by atoms with Crippen molar-refractivity contribution in [3.63, 3.8) is 0 Å². The number of aromatic hydroxyl groups is 1. The first-order valence-electron chi connectivity index (χ1n) is 6.08. The average Bonchev–Trinajstić information content (AvgIpc) is 2.33. The standard InChI is InChI=1S/C14H22O3/c1-4-10(2)12-7-11(5-6-15)14(16)13(8-12)9-17-3/h7-8,10,15-16H,4-6,9H2,1-3H3. The first-order chi connectivity index (χ1) is 8.13. The fourth-order valence-corrected chi connectivity index (χ4v) is 1.88. The summed E-state index contributed by atoms with van der Waals surface area (Å²) in [6, 6.07) is 3.98. The van der Waals surface area contributed by atoms with E-state index in [4.69, 9.17) is 9.84 Å². The van der Waals surface area contributed by atoms with Gasteiger partial charge in [0.1, 0.15) is 5.75 Å². The second kappa shape index (κ2) is 6.62. The molecule has 0 saturated heterocycles. The highest BCUT2D eigenvalue weighted by atomic mass is 16.5. The molecule has 96 valence electrons. The fraction of sp³-hybridized carbons (Fsp3) is 0.571. The van der Waals surface area contributed by atoms with E-state index in [1.807, 2.05) is 12.1 Å². The lowest BCUT2D eigenvalue weighted by Crippen LogP contribution is -2.01. The van der Waals surface area contributed by atoms with E-state index < -0.39 is 0 Å². The molecule has 17 heavy (non-hydrogen) atoms. The van der Waals surface area contributed by atoms with Gasteiger partial charge in [-0.05, 0) is 36.0 Å². The molecule has 0 aliphatic carbocycles. The van der Waals surface area contributed by atoms with E-state index in [0.29, 0.717) is 18.9 Å². The summed E-state index contributed by atoms with van der Waals surface area (Å²) in [7, 11) is 1.61. The van der Waals surface area contributed by atoms with Gasteiger partial charge in [-0.25, -0.2) is 0 Å². The molecule has 1 aromatic carbocycles. The number of hydrogen-bond acceptors (Lipinski definition) is 3. The zero-order valence-corrected chi connectivity index (χ0v) is 10.9. The Morgan fingerprint density at radius 2 is 1.94 bits per heavy atom. The van der Waals surface area contributed by atoms with Crippen molar-refractivity contribution in [3.05, 3.63) is 28.8 Å². The number of ether oxygens (including phenoxy) is 1. The third-order valence-electron chi connectivity index (χ3n) is 3.15. The monoisotopic (exact) mass is 238 g/mol. The SMILES string of the molecule is CCC(C)c1cc(CCO)c(O)c(COC)c1. The Morgan fingerprint density at radius 3 is 2.47 bits per heavy atom. The Balaban J connectivity index is 3.15. The van der Waals surface area contributed by atoms with Crippen molar-refractivity contribution in [3.8, 4) is 5.75 Å². The van der Waals surface area contributed by atoms with Crippen LogP contribution in [0.4, 0.5) is 0 Å². The van der Waals surface area contributed by atoms with Gasteiger partial charge in [-0.3, -0.25) is 0 Å². The van der Waals surface area contributed by atoms with Gasteiger partial charge in [0.25, 0.3) is 0 Å². The van der Waals surface area contributed by atoms with Crippen LogP contribution >= 0.6 is 0 Å². The summed E-state index contributed by atoms with van der Waals surface area (Å²) in [6.45, 7) is 4.74. The zero-order valence-electron chi connectivity index (χ0n) is 10.9. The van der Waals surface area contributed by atoms with Gasteiger partial charge in [-0.2, -0.15) is 0 Å². The van der Waals surface area contributed by atoms with Crippen molar-refractivity contribution in [1.82, 2.24) is 0 Å². The summed E-state index contributed by atoms with van der Waals surface area (Å²) in [5.74, 6) is 0.705. The Labute approximate surface area is 103 Å². The Hall–Kier alpha value is -1.06. The van der Waals surface area contributed by atoms with E-state index in [2.05, 4.69) is 13.8 Å². The second-order valence-electron chi connectivity index (χ2n) is 4.40. The van der Waals surface area contributed by atoms with Gasteiger partial charge < -0.3 is 14.9 Å². The normalized spacial score (nSPS) is 12.7. The lowest BCUT2D eigenvalue weighted by Gasteiger charge is -2.15. The maximum atomic E-state index is 10.0. The van der Waals surface area contributed by atoms with Gasteiger partial charge in [0.2, 0.25) is 0 Å². The lowest BCUT2D eigenvalue weighted by molar-refractivity contribution is 0.181. The largest absolute Gasteiger partial charge is 0.507 e. The number of aliphatic hydroxyl groups is 1. The molecule has 1 atom stereocenters. The van der Waals surface area contributed by atoms with Crippen molar-refractivity contribution < 1.29 is 14.9 Å². The van der Waals surface area contributed by atoms with Gasteiger partial charge in [-0.15, -0.1) is 0 Å². The maximum absolute atomic E-state index is 10.0. The Kier molecular flexibility index (Phi) is 5.45. The van der Waals surface area contributed by atoms with Crippen LogP contribution in [-0.2, 0) is 17.8 Å². The molecule has 0 aromatic heterocycles. The topological polar surface area (TPSA) is 49.7 Å². The predicted octanol–water partition coefficient (Wildman–Crippen LogP) is 2.59. The van der Waals surface area contributed by atoms with Crippen LogP contribution in [0.15, 0.2) is 12.1 Å². The number of phenolic OH excluding ortho intramolecular Hbond substituents is 1. The van der Waals surface area contributed by atoms with E-state index in [1.54, 1.807) is 7.11 Å². The minimum Gasteiger partial charge on any atom is -0.507 e. The van der Waals surface area contributed by atoms with Crippen LogP contribution < -0.4 is 0 Å². The van der Waals surface area contributed by atoms with Crippen LogP contribution in [-0.4, -0.2) is 23.9 Å². The molecule has 0 amide bonds. The Bertz CT molecular complexity index is 333. The Morgan fingerprint density at radius 1 is 1.29 bits per heavy atom. The summed E-state index contributed by atoms with van der Waals surface area (Å²) in [5.41, 5.74) is 2.80. The van der Waals surface area contributed by atoms with Crippen LogP contribution in [0.5, 0.6) is 5.75 Å². The van der Waals surface area contributed by atoms with Crippen LogP contribution in [0, 0.1) is 0 Å². The van der Waals surface area contributed by atoms with Crippen molar-refractivity contribution in [2.24, 2.45) is 0 Å². The minimum absolute atomic E-state index is 0.0456. The van der Waals surface area contributed by atoms with Gasteiger partial charge in [0, 0.05) is 19.3 Å². The van der Waals surface area contributed by atoms with Crippen LogP contribution in [0.1, 0.15) is 42.9 Å². The molecule has 1 unspecified atom stereocenters. The molecule has 2 N–H and O–H groups in total. The highest BCUT2D eigenvalue weighted by Crippen LogP contribution is 2.30. The predicted molar refractivity (Wildman–Crippen MR) is 68.3 cm³/mol. The van der Waals surface area contributed by atoms with Gasteiger partial charge >= 0.3 is 0 Å². The summed E-state index contributed by atoms with van der Waals surface area (Å²) in [5, 5.41) is 19.0. The van der Waals surface area contributed by atoms with E-state index >= 15 is 0 Å². The molecule has 0 spiro atoms. The molecule has 3 nitrogen and oxygen atoms in total. The summed E-state index contributed by atoms with van der Waals surface area (Å²) in [4.78, 5) is 0. The van der Waals surface area contributed by atoms with Crippen LogP contribution in [0.3, 0.4) is 0 Å². The van der Waals surface area contributed by atoms with Crippen molar-refractivity contribution in [2.75, 3.05) is 13.7 Å². The molecule has 0 aliphatic rings. The molecule has 3 heteroatoms. The number of aliphatic hydroxyl groups excluding tert-OH is 1. The van der Waals surface area contributed by atoms with Crippen LogP contribution in [0.2, 0.25) is 0 Å². The molecule has 0 saturated carbocycles. The van der Waals surface area contributed by atoms with E-state index in [0.717, 1.165) is 17.5 Å². The highest BCUT2D eigenvalue weighted by Gasteiger charge is 2.12. The maximum Gasteiger partial charge on any atom is 0.124 e. The number of rotatable bonds is 6. The lowest BCUT2D eigenvalue weighted by atomic mass is 9.93. The molecule has 0 aliphatic heterocycles. The number of methoxy groups -OCH3 is 1. The molecule has 1 rings (SSSR count). The highest BCUT2D eigenvalue weighted by molar-refractivity contribution is 5.44. The molecule has 0 radical (unpaired) electrons. The van der Waals surface area contributed by atoms with Gasteiger partial charge in [0.05, 0.1) is 6.61 Å². The molecular formula is C14H22O3. The van der Waals surface area contributed by atoms with Crippen molar-refractivity contribution in [1.29, 1.82) is 0 Å². The second-order valence-corrected chi connectivity index (χ2v) is 4.40. The molecule has 0 bridgehead atoms. The van der Waals surface area contributed by atoms with Crippen molar-refractivity contribution in [2.45, 2.75) is 39.2 Å². The first kappa shape index (κ1) is 14.0. The van der Waals surface area contributed by atoms with Gasteiger partial charge in [0.15, 0.2) is 0 Å². The average molecular weight is 238 g/mol. The minimum atomic E-state index is 0.0456. The number of phenols is 1. The summed E-state index contributed by atoms with van der Waals surface area (Å²) in [6.07, 6.45) is 1.53. The smallest absolute Gasteiger partial charge is 0.124 e. The van der Waals surface area contributed by atoms with E-state index in [1.165, 1.54) is 5.56 Å². The third kappa shape index (κ3) is 3.45. The van der Waals surface area contributed by atoms with Crippen molar-refractivity contribution >= 4 is 0 Å². The molecule has 0 heterocycles. The van der Waals surface area contributed by atoms with E-state index in [9.17, 15) is 5.11 Å². The first-order valence-corrected chi connectivity index (χ1v) is 6.08. The number of hydrogen-bond donors (Lipinski definition) is 2. The molecular weight excluding hydrogens is 216 g/mol. The summed E-state index contributed by atoms with van der Waals surface area (Å²) >= 11 is 0. The molecule has 1 aromatic rings. The van der Waals surface area contributed by atoms with E-state index in [-0.39, 0.29) is 12.4 Å². The zero-order chi connectivity index (χ0) is 12.8. The fourth-order valence-electron chi connectivity index (χ4n) is 1.88. The van der Waals surface area contributed by atoms with Gasteiger partial charge in [-0.1, -0.05) is 19.9 Å². The quantitative estimate of drug-likeness (QED) is 0.801. The summed E-state index contributed by atoms with van der Waals surface area (Å²) < 4.78 is 5.09. The molecule has 0 fully saturated rings. The van der Waals surface area contributed by atoms with Crippen LogP contribution in [0.25, 0.3) is 0 Å². The number of benzene rings is 1.